The lowest BCUT2D eigenvalue weighted by Gasteiger charge is -2.73. The fraction of sp³-hybridized carbons (Fsp3) is 0.933. The van der Waals surface area contributed by atoms with E-state index in [1.54, 1.807) is 0 Å². The Labute approximate surface area is 197 Å². The van der Waals surface area contributed by atoms with Crippen LogP contribution in [0.4, 0.5) is 0 Å². The van der Waals surface area contributed by atoms with E-state index in [4.69, 9.17) is 0 Å². The molecule has 0 heterocycles. The molecule has 2 heteroatoms. The third-order valence-electron chi connectivity index (χ3n) is 13.6. The molecule has 0 aromatic rings. The summed E-state index contributed by atoms with van der Waals surface area (Å²) in [6.07, 6.45) is 11.6. The van der Waals surface area contributed by atoms with Crippen LogP contribution in [0.1, 0.15) is 107 Å². The van der Waals surface area contributed by atoms with Crippen molar-refractivity contribution < 1.29 is 10.2 Å². The maximum atomic E-state index is 11.2. The monoisotopic (exact) mass is 442 g/mol. The number of aliphatic hydroxyl groups is 2. The van der Waals surface area contributed by atoms with Gasteiger partial charge in [-0.15, -0.1) is 0 Å². The number of rotatable bonds is 0. The molecule has 4 saturated carbocycles. The van der Waals surface area contributed by atoms with Crippen LogP contribution in [0.3, 0.4) is 0 Å². The SMILES string of the molecule is CC1=C[C@H](O)[C@]2(C)CC[C@]3(C)[C@H](CC[C@@H]4[C@@]5(C)CC[C@H](O)C(C)(C)[C@@H]5CC[C@]43C)[C@@H]2[C@@H]1C. The summed E-state index contributed by atoms with van der Waals surface area (Å²) < 4.78 is 0. The van der Waals surface area contributed by atoms with Crippen LogP contribution in [-0.4, -0.2) is 22.4 Å². The van der Waals surface area contributed by atoms with Crippen LogP contribution in [0.5, 0.6) is 0 Å². The van der Waals surface area contributed by atoms with Crippen LogP contribution in [0, 0.1) is 56.7 Å². The van der Waals surface area contributed by atoms with E-state index in [9.17, 15) is 10.2 Å². The minimum Gasteiger partial charge on any atom is -0.393 e. The molecule has 0 aliphatic heterocycles. The first kappa shape index (κ1) is 23.4. The topological polar surface area (TPSA) is 40.5 Å². The Morgan fingerprint density at radius 3 is 2.12 bits per heavy atom. The smallest absolute Gasteiger partial charge is 0.0780 e. The van der Waals surface area contributed by atoms with Crippen LogP contribution in [0.2, 0.25) is 0 Å². The van der Waals surface area contributed by atoms with E-state index in [0.717, 1.165) is 18.8 Å². The maximum Gasteiger partial charge on any atom is 0.0780 e. The highest BCUT2D eigenvalue weighted by Crippen LogP contribution is 2.76. The zero-order valence-corrected chi connectivity index (χ0v) is 22.2. The molecule has 0 aromatic heterocycles. The summed E-state index contributed by atoms with van der Waals surface area (Å²) in [5.74, 6) is 3.26. The van der Waals surface area contributed by atoms with Crippen molar-refractivity contribution in [3.05, 3.63) is 11.6 Å². The second-order valence-electron chi connectivity index (χ2n) is 14.7. The lowest BCUT2D eigenvalue weighted by atomic mass is 9.31. The molecule has 5 aliphatic rings. The molecular formula is C30H50O2. The highest BCUT2D eigenvalue weighted by Gasteiger charge is 2.70. The molecule has 0 aromatic carbocycles. The first-order chi connectivity index (χ1) is 14.7. The van der Waals surface area contributed by atoms with Gasteiger partial charge in [-0.1, -0.05) is 60.1 Å². The quantitative estimate of drug-likeness (QED) is 0.397. The lowest BCUT2D eigenvalue weighted by molar-refractivity contribution is -0.255. The van der Waals surface area contributed by atoms with E-state index in [-0.39, 0.29) is 23.0 Å². The summed E-state index contributed by atoms with van der Waals surface area (Å²) in [4.78, 5) is 0. The Morgan fingerprint density at radius 1 is 0.750 bits per heavy atom. The van der Waals surface area contributed by atoms with Crippen LogP contribution in [-0.2, 0) is 0 Å². The molecule has 0 radical (unpaired) electrons. The predicted octanol–water partition coefficient (Wildman–Crippen LogP) is 7.00. The highest BCUT2D eigenvalue weighted by molar-refractivity contribution is 5.24. The minimum atomic E-state index is -0.285. The van der Waals surface area contributed by atoms with Gasteiger partial charge in [0.15, 0.2) is 0 Å². The Kier molecular flexibility index (Phi) is 5.02. The lowest BCUT2D eigenvalue weighted by Crippen LogP contribution is -2.67. The standard InChI is InChI=1S/C30H50O2/c1-18-17-24(32)28(6)15-16-29(7)20(25(28)19(18)2)9-10-22-27(5)13-12-23(31)26(3,4)21(27)11-14-30(22,29)8/h17,19-25,31-32H,9-16H2,1-8H3/t19-,20-,21+,22-,23+,24+,25+,27+,28+,29-,30-/m1/s1. The Hall–Kier alpha value is -0.340. The van der Waals surface area contributed by atoms with Crippen molar-refractivity contribution in [1.82, 2.24) is 0 Å². The Balaban J connectivity index is 1.56. The molecule has 0 amide bonds. The molecule has 32 heavy (non-hydrogen) atoms. The molecule has 5 rings (SSSR count). The van der Waals surface area contributed by atoms with E-state index >= 15 is 0 Å². The molecule has 182 valence electrons. The highest BCUT2D eigenvalue weighted by atomic mass is 16.3. The van der Waals surface area contributed by atoms with E-state index in [0.29, 0.717) is 39.9 Å². The Bertz CT molecular complexity index is 814. The van der Waals surface area contributed by atoms with Gasteiger partial charge in [-0.2, -0.15) is 0 Å². The molecular weight excluding hydrogens is 392 g/mol. The van der Waals surface area contributed by atoms with Gasteiger partial charge < -0.3 is 10.2 Å². The number of hydrogen-bond acceptors (Lipinski definition) is 2. The van der Waals surface area contributed by atoms with Crippen LogP contribution in [0.25, 0.3) is 0 Å². The summed E-state index contributed by atoms with van der Waals surface area (Å²) in [7, 11) is 0. The predicted molar refractivity (Wildman–Crippen MR) is 132 cm³/mol. The first-order valence-corrected chi connectivity index (χ1v) is 13.8. The fourth-order valence-corrected chi connectivity index (χ4v) is 11.3. The van der Waals surface area contributed by atoms with Crippen LogP contribution >= 0.6 is 0 Å². The van der Waals surface area contributed by atoms with E-state index < -0.39 is 0 Å². The first-order valence-electron chi connectivity index (χ1n) is 13.8. The zero-order valence-electron chi connectivity index (χ0n) is 22.2. The molecule has 0 spiro atoms. The van der Waals surface area contributed by atoms with Gasteiger partial charge >= 0.3 is 0 Å². The summed E-state index contributed by atoms with van der Waals surface area (Å²) in [5, 5.41) is 22.1. The molecule has 2 nitrogen and oxygen atoms in total. The molecule has 5 aliphatic carbocycles. The van der Waals surface area contributed by atoms with Crippen molar-refractivity contribution >= 4 is 0 Å². The van der Waals surface area contributed by atoms with Crippen molar-refractivity contribution in [2.24, 2.45) is 56.7 Å². The summed E-state index contributed by atoms with van der Waals surface area (Å²) in [6.45, 7) is 19.8. The van der Waals surface area contributed by atoms with E-state index in [1.165, 1.54) is 44.1 Å². The van der Waals surface area contributed by atoms with E-state index in [1.807, 2.05) is 0 Å². The largest absolute Gasteiger partial charge is 0.393 e. The number of allylic oxidation sites excluding steroid dienone is 1. The molecule has 11 atom stereocenters. The average molecular weight is 443 g/mol. The summed E-state index contributed by atoms with van der Waals surface area (Å²) >= 11 is 0. The van der Waals surface area contributed by atoms with E-state index in [2.05, 4.69) is 61.5 Å². The van der Waals surface area contributed by atoms with Gasteiger partial charge in [0, 0.05) is 5.41 Å². The van der Waals surface area contributed by atoms with Gasteiger partial charge in [0.05, 0.1) is 12.2 Å². The van der Waals surface area contributed by atoms with Crippen molar-refractivity contribution in [1.29, 1.82) is 0 Å². The molecule has 0 saturated heterocycles. The normalized spacial score (nSPS) is 59.2. The third-order valence-corrected chi connectivity index (χ3v) is 13.6. The van der Waals surface area contributed by atoms with Gasteiger partial charge in [-0.3, -0.25) is 0 Å². The number of hydrogen-bond donors (Lipinski definition) is 2. The van der Waals surface area contributed by atoms with Crippen molar-refractivity contribution in [3.63, 3.8) is 0 Å². The summed E-state index contributed by atoms with van der Waals surface area (Å²) in [5.41, 5.74) is 2.53. The van der Waals surface area contributed by atoms with Crippen molar-refractivity contribution in [2.75, 3.05) is 0 Å². The second kappa shape index (κ2) is 6.87. The van der Waals surface area contributed by atoms with Gasteiger partial charge in [-0.25, -0.2) is 0 Å². The molecule has 0 bridgehead atoms. The van der Waals surface area contributed by atoms with Crippen LogP contribution < -0.4 is 0 Å². The second-order valence-corrected chi connectivity index (χ2v) is 14.7. The van der Waals surface area contributed by atoms with Gasteiger partial charge in [-0.05, 0) is 110 Å². The summed E-state index contributed by atoms with van der Waals surface area (Å²) in [6, 6.07) is 0. The molecule has 4 fully saturated rings. The minimum absolute atomic E-state index is 0.0289. The van der Waals surface area contributed by atoms with Crippen LogP contribution in [0.15, 0.2) is 11.6 Å². The van der Waals surface area contributed by atoms with Gasteiger partial charge in [0.25, 0.3) is 0 Å². The third kappa shape index (κ3) is 2.61. The van der Waals surface area contributed by atoms with Crippen molar-refractivity contribution in [2.45, 2.75) is 119 Å². The Morgan fingerprint density at radius 2 is 1.44 bits per heavy atom. The zero-order chi connectivity index (χ0) is 23.5. The van der Waals surface area contributed by atoms with Gasteiger partial charge in [0.1, 0.15) is 0 Å². The molecule has 0 unspecified atom stereocenters. The van der Waals surface area contributed by atoms with Gasteiger partial charge in [0.2, 0.25) is 0 Å². The number of aliphatic hydroxyl groups excluding tert-OH is 2. The molecule has 2 N–H and O–H groups in total. The average Bonchev–Trinajstić information content (AvgIpc) is 2.71. The number of fused-ring (bicyclic) bond motifs is 7. The fourth-order valence-electron chi connectivity index (χ4n) is 11.3. The maximum absolute atomic E-state index is 11.2. The van der Waals surface area contributed by atoms with Crippen molar-refractivity contribution in [3.8, 4) is 0 Å².